The minimum atomic E-state index is 0. The average Bonchev–Trinajstić information content (AvgIpc) is 2.99. The first-order valence-electron chi connectivity index (χ1n) is 7.41. The van der Waals surface area contributed by atoms with Crippen molar-refractivity contribution < 1.29 is 0 Å². The lowest BCUT2D eigenvalue weighted by molar-refractivity contribution is 0.379. The summed E-state index contributed by atoms with van der Waals surface area (Å²) < 4.78 is 1.95. The molecule has 2 aromatic rings. The summed E-state index contributed by atoms with van der Waals surface area (Å²) in [7, 11) is 1.96. The smallest absolute Gasteiger partial charge is 0.191 e. The summed E-state index contributed by atoms with van der Waals surface area (Å²) in [6.45, 7) is 4.01. The van der Waals surface area contributed by atoms with Crippen LogP contribution in [0.1, 0.15) is 5.82 Å². The Hall–Kier alpha value is -1.84. The Bertz CT molecular complexity index is 632. The van der Waals surface area contributed by atoms with Crippen molar-refractivity contribution in [3.8, 4) is 0 Å². The van der Waals surface area contributed by atoms with Gasteiger partial charge in [0.05, 0.1) is 0 Å². The van der Waals surface area contributed by atoms with Gasteiger partial charge in [0.15, 0.2) is 5.96 Å². The molecule has 0 unspecified atom stereocenters. The molecule has 23 heavy (non-hydrogen) atoms. The maximum atomic E-state index is 6.10. The molecule has 0 aromatic carbocycles. The van der Waals surface area contributed by atoms with Gasteiger partial charge in [-0.2, -0.15) is 0 Å². The van der Waals surface area contributed by atoms with Crippen LogP contribution in [0.25, 0.3) is 0 Å². The van der Waals surface area contributed by atoms with E-state index < -0.39 is 0 Å². The van der Waals surface area contributed by atoms with Gasteiger partial charge in [-0.15, -0.1) is 24.0 Å². The molecule has 0 radical (unpaired) electrons. The van der Waals surface area contributed by atoms with E-state index in [9.17, 15) is 0 Å². The highest BCUT2D eigenvalue weighted by molar-refractivity contribution is 14.0. The van der Waals surface area contributed by atoms with Crippen molar-refractivity contribution in [1.82, 2.24) is 19.4 Å². The van der Waals surface area contributed by atoms with Crippen LogP contribution in [0.3, 0.4) is 0 Å². The number of anilines is 1. The van der Waals surface area contributed by atoms with Gasteiger partial charge in [0.1, 0.15) is 18.2 Å². The predicted octanol–water partition coefficient (Wildman–Crippen LogP) is 1.07. The molecule has 2 N–H and O–H groups in total. The van der Waals surface area contributed by atoms with E-state index in [2.05, 4.69) is 24.8 Å². The minimum Gasteiger partial charge on any atom is -0.370 e. The number of piperazine rings is 1. The Morgan fingerprint density at radius 2 is 1.96 bits per heavy atom. The van der Waals surface area contributed by atoms with Gasteiger partial charge in [0, 0.05) is 51.8 Å². The summed E-state index contributed by atoms with van der Waals surface area (Å²) >= 11 is 0. The van der Waals surface area contributed by atoms with Gasteiger partial charge in [0.25, 0.3) is 0 Å². The number of nitrogens with two attached hydrogens (primary N) is 1. The summed E-state index contributed by atoms with van der Waals surface area (Å²) in [5.74, 6) is 2.52. The van der Waals surface area contributed by atoms with Crippen molar-refractivity contribution in [2.75, 3.05) is 31.1 Å². The molecule has 1 aliphatic heterocycles. The summed E-state index contributed by atoms with van der Waals surface area (Å²) in [6.07, 6.45) is 5.50. The lowest BCUT2D eigenvalue weighted by Gasteiger charge is -2.35. The van der Waals surface area contributed by atoms with Crippen molar-refractivity contribution in [1.29, 1.82) is 0 Å². The second-order valence-electron chi connectivity index (χ2n) is 5.29. The van der Waals surface area contributed by atoms with E-state index in [1.54, 1.807) is 6.20 Å². The largest absolute Gasteiger partial charge is 0.370 e. The standard InChI is InChI=1S/C15H21N7.HI/c1-20-7-6-18-14(20)12-19-15(16)22-10-8-21(9-11-22)13-4-2-3-5-17-13;/h2-7H,8-12H2,1H3,(H2,16,19);1H. The zero-order chi connectivity index (χ0) is 15.4. The highest BCUT2D eigenvalue weighted by Crippen LogP contribution is 2.12. The van der Waals surface area contributed by atoms with Gasteiger partial charge in [0.2, 0.25) is 0 Å². The summed E-state index contributed by atoms with van der Waals surface area (Å²) in [4.78, 5) is 17.5. The summed E-state index contributed by atoms with van der Waals surface area (Å²) in [6, 6.07) is 5.98. The van der Waals surface area contributed by atoms with Crippen LogP contribution >= 0.6 is 24.0 Å². The molecule has 124 valence electrons. The molecule has 0 atom stereocenters. The lowest BCUT2D eigenvalue weighted by atomic mass is 10.3. The molecular weight excluding hydrogens is 405 g/mol. The lowest BCUT2D eigenvalue weighted by Crippen LogP contribution is -2.51. The third-order valence-electron chi connectivity index (χ3n) is 3.88. The molecule has 1 fully saturated rings. The molecule has 1 saturated heterocycles. The highest BCUT2D eigenvalue weighted by atomic mass is 127. The van der Waals surface area contributed by atoms with Crippen LogP contribution < -0.4 is 10.6 Å². The van der Waals surface area contributed by atoms with Crippen LogP contribution in [-0.2, 0) is 13.6 Å². The Morgan fingerprint density at radius 1 is 1.17 bits per heavy atom. The molecule has 3 heterocycles. The first-order valence-corrected chi connectivity index (χ1v) is 7.41. The number of aliphatic imine (C=N–C) groups is 1. The zero-order valence-electron chi connectivity index (χ0n) is 13.2. The molecule has 3 rings (SSSR count). The maximum absolute atomic E-state index is 6.10. The van der Waals surface area contributed by atoms with Crippen LogP contribution in [-0.4, -0.2) is 51.6 Å². The first kappa shape index (κ1) is 17.5. The van der Waals surface area contributed by atoms with Crippen LogP contribution in [0.5, 0.6) is 0 Å². The number of halogens is 1. The Kier molecular flexibility index (Phi) is 6.20. The Morgan fingerprint density at radius 3 is 2.57 bits per heavy atom. The fraction of sp³-hybridized carbons (Fsp3) is 0.400. The highest BCUT2D eigenvalue weighted by Gasteiger charge is 2.19. The fourth-order valence-corrected chi connectivity index (χ4v) is 2.51. The third kappa shape index (κ3) is 4.34. The van der Waals surface area contributed by atoms with Crippen molar-refractivity contribution in [2.24, 2.45) is 17.8 Å². The van der Waals surface area contributed by atoms with Crippen LogP contribution in [0, 0.1) is 0 Å². The quantitative estimate of drug-likeness (QED) is 0.451. The molecule has 0 amide bonds. The second kappa shape index (κ2) is 8.14. The van der Waals surface area contributed by atoms with Crippen LogP contribution in [0.15, 0.2) is 41.8 Å². The monoisotopic (exact) mass is 427 g/mol. The molecule has 8 heteroatoms. The molecule has 0 aliphatic carbocycles. The Balaban J connectivity index is 0.00000192. The Labute approximate surface area is 153 Å². The van der Waals surface area contributed by atoms with Crippen molar-refractivity contribution in [3.63, 3.8) is 0 Å². The van der Waals surface area contributed by atoms with Crippen molar-refractivity contribution in [2.45, 2.75) is 6.54 Å². The average molecular weight is 427 g/mol. The maximum Gasteiger partial charge on any atom is 0.191 e. The number of hydrogen-bond donors (Lipinski definition) is 1. The number of guanidine groups is 1. The van der Waals surface area contributed by atoms with E-state index in [4.69, 9.17) is 5.73 Å². The minimum absolute atomic E-state index is 0. The molecule has 1 aliphatic rings. The van der Waals surface area contributed by atoms with Crippen molar-refractivity contribution >= 4 is 35.8 Å². The number of hydrogen-bond acceptors (Lipinski definition) is 4. The summed E-state index contributed by atoms with van der Waals surface area (Å²) in [5, 5.41) is 0. The van der Waals surface area contributed by atoms with Crippen molar-refractivity contribution in [3.05, 3.63) is 42.6 Å². The first-order chi connectivity index (χ1) is 10.7. The number of aryl methyl sites for hydroxylation is 1. The SMILES string of the molecule is Cn1ccnc1CN=C(N)N1CCN(c2ccccn2)CC1.I. The normalized spacial score (nSPS) is 15.4. The van der Waals surface area contributed by atoms with Gasteiger partial charge < -0.3 is 20.1 Å². The number of pyridine rings is 1. The van der Waals surface area contributed by atoms with Gasteiger partial charge in [-0.25, -0.2) is 15.0 Å². The predicted molar refractivity (Wildman–Crippen MR) is 102 cm³/mol. The number of aromatic nitrogens is 3. The van der Waals surface area contributed by atoms with E-state index in [1.165, 1.54) is 0 Å². The zero-order valence-corrected chi connectivity index (χ0v) is 15.5. The van der Waals surface area contributed by atoms with E-state index in [1.807, 2.05) is 42.2 Å². The molecule has 0 spiro atoms. The molecule has 0 bridgehead atoms. The van der Waals surface area contributed by atoms with E-state index in [-0.39, 0.29) is 24.0 Å². The summed E-state index contributed by atoms with van der Waals surface area (Å²) in [5.41, 5.74) is 6.10. The second-order valence-corrected chi connectivity index (χ2v) is 5.29. The molecule has 7 nitrogen and oxygen atoms in total. The molecular formula is C15H22IN7. The van der Waals surface area contributed by atoms with E-state index in [0.717, 1.165) is 37.8 Å². The van der Waals surface area contributed by atoms with Gasteiger partial charge in [-0.3, -0.25) is 0 Å². The number of imidazole rings is 1. The fourth-order valence-electron chi connectivity index (χ4n) is 2.51. The van der Waals surface area contributed by atoms with Crippen LogP contribution in [0.2, 0.25) is 0 Å². The van der Waals surface area contributed by atoms with Gasteiger partial charge in [-0.05, 0) is 12.1 Å². The van der Waals surface area contributed by atoms with E-state index in [0.29, 0.717) is 12.5 Å². The topological polar surface area (TPSA) is 75.6 Å². The number of rotatable bonds is 3. The molecule has 2 aromatic heterocycles. The van der Waals surface area contributed by atoms with E-state index >= 15 is 0 Å². The van der Waals surface area contributed by atoms with Crippen LogP contribution in [0.4, 0.5) is 5.82 Å². The van der Waals surface area contributed by atoms with Gasteiger partial charge in [-0.1, -0.05) is 6.07 Å². The number of nitrogens with zero attached hydrogens (tertiary/aromatic N) is 6. The molecule has 0 saturated carbocycles. The third-order valence-corrected chi connectivity index (χ3v) is 3.88. The van der Waals surface area contributed by atoms with Gasteiger partial charge >= 0.3 is 0 Å².